The van der Waals surface area contributed by atoms with Gasteiger partial charge in [-0.05, 0) is 11.8 Å². The normalized spacial score (nSPS) is 14.3. The zero-order valence-corrected chi connectivity index (χ0v) is 11.0. The van der Waals surface area contributed by atoms with Gasteiger partial charge in [0.2, 0.25) is 0 Å². The Morgan fingerprint density at radius 2 is 2.22 bits per heavy atom. The molecule has 0 saturated carbocycles. The van der Waals surface area contributed by atoms with Crippen molar-refractivity contribution in [2.24, 2.45) is 0 Å². The lowest BCUT2D eigenvalue weighted by Crippen LogP contribution is -2.23. The van der Waals surface area contributed by atoms with E-state index in [1.165, 1.54) is 0 Å². The number of alkyl carbamates (subject to hydrolysis) is 1. The molecule has 5 heteroatoms. The first-order valence-electron chi connectivity index (χ1n) is 5.78. The van der Waals surface area contributed by atoms with E-state index in [0.717, 1.165) is 29.3 Å². The van der Waals surface area contributed by atoms with Crippen molar-refractivity contribution in [3.8, 4) is 0 Å². The number of benzene rings is 1. The Balaban J connectivity index is 1.82. The van der Waals surface area contributed by atoms with Crippen molar-refractivity contribution in [2.75, 3.05) is 12.8 Å². The monoisotopic (exact) mass is 264 g/mol. The van der Waals surface area contributed by atoms with E-state index in [1.807, 2.05) is 36.6 Å². The van der Waals surface area contributed by atoms with Crippen molar-refractivity contribution in [3.05, 3.63) is 46.6 Å². The maximum Gasteiger partial charge on any atom is 0.411 e. The van der Waals surface area contributed by atoms with Gasteiger partial charge in [0.15, 0.2) is 0 Å². The molecule has 0 aromatic heterocycles. The third-order valence-corrected chi connectivity index (χ3v) is 3.40. The van der Waals surface area contributed by atoms with Gasteiger partial charge in [0.25, 0.3) is 0 Å². The first-order valence-corrected chi connectivity index (χ1v) is 7.01. The molecule has 1 aliphatic heterocycles. The molecule has 0 aliphatic carbocycles. The van der Waals surface area contributed by atoms with Crippen molar-refractivity contribution in [1.82, 2.24) is 10.6 Å². The van der Waals surface area contributed by atoms with Crippen LogP contribution in [-0.2, 0) is 11.3 Å². The Kier molecular flexibility index (Phi) is 4.52. The molecule has 1 aromatic rings. The molecule has 1 aliphatic rings. The maximum atomic E-state index is 11.6. The molecule has 0 bridgehead atoms. The molecule has 0 radical (unpaired) electrons. The van der Waals surface area contributed by atoms with Gasteiger partial charge in [-0.15, -0.1) is 11.8 Å². The molecule has 2 N–H and O–H groups in total. The summed E-state index contributed by atoms with van der Waals surface area (Å²) in [6.07, 6.45) is 2.41. The number of hydrogen-bond donors (Lipinski definition) is 2. The molecule has 2 rings (SSSR count). The van der Waals surface area contributed by atoms with Crippen LogP contribution >= 0.6 is 11.8 Å². The minimum atomic E-state index is -0.399. The fraction of sp³-hybridized carbons (Fsp3) is 0.308. The minimum absolute atomic E-state index is 0.294. The lowest BCUT2D eigenvalue weighted by atomic mass is 10.2. The molecule has 1 heterocycles. The summed E-state index contributed by atoms with van der Waals surface area (Å²) in [6, 6.07) is 9.63. The van der Waals surface area contributed by atoms with E-state index in [4.69, 9.17) is 4.74 Å². The standard InChI is InChI=1S/C13H16N2O2S/c1-18-12-11(7-8-14-12)15-13(16)17-9-10-5-3-2-4-6-10/h2-6,14H,7-9H2,1H3,(H,15,16). The van der Waals surface area contributed by atoms with Crippen LogP contribution in [0, 0.1) is 0 Å². The number of rotatable bonds is 4. The number of carbonyl (C=O) groups is 1. The molecular formula is C13H16N2O2S. The number of amides is 1. The van der Waals surface area contributed by atoms with Gasteiger partial charge in [-0.1, -0.05) is 30.3 Å². The van der Waals surface area contributed by atoms with E-state index in [1.54, 1.807) is 11.8 Å². The smallest absolute Gasteiger partial charge is 0.411 e. The average molecular weight is 264 g/mol. The zero-order valence-electron chi connectivity index (χ0n) is 10.2. The highest BCUT2D eigenvalue weighted by atomic mass is 32.2. The summed E-state index contributed by atoms with van der Waals surface area (Å²) >= 11 is 1.60. The second kappa shape index (κ2) is 6.35. The van der Waals surface area contributed by atoms with Gasteiger partial charge in [-0.25, -0.2) is 4.79 Å². The summed E-state index contributed by atoms with van der Waals surface area (Å²) in [4.78, 5) is 11.6. The Morgan fingerprint density at radius 3 is 2.94 bits per heavy atom. The third-order valence-electron chi connectivity index (χ3n) is 2.60. The van der Waals surface area contributed by atoms with E-state index in [2.05, 4.69) is 10.6 Å². The largest absolute Gasteiger partial charge is 0.444 e. The Morgan fingerprint density at radius 1 is 1.44 bits per heavy atom. The van der Waals surface area contributed by atoms with Crippen LogP contribution in [0.5, 0.6) is 0 Å². The van der Waals surface area contributed by atoms with Crippen LogP contribution in [0.2, 0.25) is 0 Å². The van der Waals surface area contributed by atoms with E-state index in [0.29, 0.717) is 6.61 Å². The number of ether oxygens (including phenoxy) is 1. The van der Waals surface area contributed by atoms with Crippen LogP contribution in [0.1, 0.15) is 12.0 Å². The predicted molar refractivity (Wildman–Crippen MR) is 72.9 cm³/mol. The van der Waals surface area contributed by atoms with Crippen molar-refractivity contribution in [3.63, 3.8) is 0 Å². The molecular weight excluding hydrogens is 248 g/mol. The van der Waals surface area contributed by atoms with Crippen LogP contribution in [0.15, 0.2) is 41.1 Å². The second-order valence-corrected chi connectivity index (χ2v) is 4.69. The van der Waals surface area contributed by atoms with Gasteiger partial charge in [0, 0.05) is 13.0 Å². The van der Waals surface area contributed by atoms with E-state index in [-0.39, 0.29) is 0 Å². The number of hydrogen-bond acceptors (Lipinski definition) is 4. The van der Waals surface area contributed by atoms with Gasteiger partial charge in [0.1, 0.15) is 6.61 Å². The SMILES string of the molecule is CSC1=C(NC(=O)OCc2ccccc2)CCN1. The van der Waals surface area contributed by atoms with Gasteiger partial charge in [-0.2, -0.15) is 0 Å². The Bertz CT molecular complexity index is 446. The Labute approximate surface area is 111 Å². The van der Waals surface area contributed by atoms with Crippen molar-refractivity contribution >= 4 is 17.9 Å². The third kappa shape index (κ3) is 3.43. The van der Waals surface area contributed by atoms with Gasteiger partial charge in [0.05, 0.1) is 10.7 Å². The average Bonchev–Trinajstić information content (AvgIpc) is 2.85. The molecule has 4 nitrogen and oxygen atoms in total. The zero-order chi connectivity index (χ0) is 12.8. The van der Waals surface area contributed by atoms with Crippen molar-refractivity contribution in [2.45, 2.75) is 13.0 Å². The minimum Gasteiger partial charge on any atom is -0.444 e. The summed E-state index contributed by atoms with van der Waals surface area (Å²) in [5, 5.41) is 7.01. The molecule has 0 saturated heterocycles. The quantitative estimate of drug-likeness (QED) is 0.877. The number of carbonyl (C=O) groups excluding carboxylic acids is 1. The predicted octanol–water partition coefficient (Wildman–Crippen LogP) is 2.44. The number of thioether (sulfide) groups is 1. The molecule has 18 heavy (non-hydrogen) atoms. The molecule has 0 unspecified atom stereocenters. The summed E-state index contributed by atoms with van der Waals surface area (Å²) in [5.41, 5.74) is 1.90. The molecule has 1 aromatic carbocycles. The summed E-state index contributed by atoms with van der Waals surface area (Å²) in [5.74, 6) is 0. The number of nitrogens with one attached hydrogen (secondary N) is 2. The van der Waals surface area contributed by atoms with Crippen LogP contribution in [-0.4, -0.2) is 18.9 Å². The maximum absolute atomic E-state index is 11.6. The van der Waals surface area contributed by atoms with Crippen LogP contribution in [0.4, 0.5) is 4.79 Å². The lowest BCUT2D eigenvalue weighted by molar-refractivity contribution is 0.142. The topological polar surface area (TPSA) is 50.4 Å². The second-order valence-electron chi connectivity index (χ2n) is 3.88. The van der Waals surface area contributed by atoms with Crippen LogP contribution in [0.25, 0.3) is 0 Å². The lowest BCUT2D eigenvalue weighted by Gasteiger charge is -2.08. The molecule has 0 spiro atoms. The summed E-state index contributed by atoms with van der Waals surface area (Å²) < 4.78 is 5.16. The van der Waals surface area contributed by atoms with E-state index in [9.17, 15) is 4.79 Å². The molecule has 0 fully saturated rings. The summed E-state index contributed by atoms with van der Waals surface area (Å²) in [7, 11) is 0. The van der Waals surface area contributed by atoms with E-state index >= 15 is 0 Å². The van der Waals surface area contributed by atoms with Crippen LogP contribution < -0.4 is 10.6 Å². The highest BCUT2D eigenvalue weighted by molar-refractivity contribution is 8.02. The highest BCUT2D eigenvalue weighted by Gasteiger charge is 2.15. The molecule has 1 amide bonds. The van der Waals surface area contributed by atoms with Crippen molar-refractivity contribution in [1.29, 1.82) is 0 Å². The van der Waals surface area contributed by atoms with Crippen LogP contribution in [0.3, 0.4) is 0 Å². The van der Waals surface area contributed by atoms with Crippen molar-refractivity contribution < 1.29 is 9.53 Å². The fourth-order valence-corrected chi connectivity index (χ4v) is 2.36. The highest BCUT2D eigenvalue weighted by Crippen LogP contribution is 2.19. The molecule has 96 valence electrons. The fourth-order valence-electron chi connectivity index (χ4n) is 1.72. The Hall–Kier alpha value is -1.62. The van der Waals surface area contributed by atoms with Gasteiger partial charge < -0.3 is 10.1 Å². The first-order chi connectivity index (χ1) is 8.79. The van der Waals surface area contributed by atoms with E-state index < -0.39 is 6.09 Å². The molecule has 0 atom stereocenters. The van der Waals surface area contributed by atoms with Gasteiger partial charge in [-0.3, -0.25) is 5.32 Å². The first kappa shape index (κ1) is 12.8. The van der Waals surface area contributed by atoms with Gasteiger partial charge >= 0.3 is 6.09 Å². The summed E-state index contributed by atoms with van der Waals surface area (Å²) in [6.45, 7) is 1.16.